The first kappa shape index (κ1) is 17.5. The van der Waals surface area contributed by atoms with Gasteiger partial charge in [-0.25, -0.2) is 9.37 Å². The number of aryl methyl sites for hydroxylation is 1. The first-order valence-corrected chi connectivity index (χ1v) is 9.15. The lowest BCUT2D eigenvalue weighted by Gasteiger charge is -2.34. The van der Waals surface area contributed by atoms with Gasteiger partial charge in [-0.1, -0.05) is 13.3 Å². The molecule has 25 heavy (non-hydrogen) atoms. The van der Waals surface area contributed by atoms with Crippen LogP contribution >= 0.6 is 11.3 Å². The fraction of sp³-hybridized carbons (Fsp3) is 0.389. The quantitative estimate of drug-likeness (QED) is 0.911. The Morgan fingerprint density at radius 3 is 2.80 bits per heavy atom. The summed E-state index contributed by atoms with van der Waals surface area (Å²) in [6.07, 6.45) is 1.46. The van der Waals surface area contributed by atoms with Gasteiger partial charge in [-0.3, -0.25) is 9.59 Å². The molecule has 0 bridgehead atoms. The van der Waals surface area contributed by atoms with Crippen LogP contribution in [0.1, 0.15) is 35.1 Å². The lowest BCUT2D eigenvalue weighted by molar-refractivity contribution is -0.128. The number of rotatable bonds is 4. The molecule has 2 heterocycles. The molecule has 0 aliphatic carbocycles. The zero-order valence-corrected chi connectivity index (χ0v) is 15.0. The zero-order valence-electron chi connectivity index (χ0n) is 14.2. The minimum Gasteiger partial charge on any atom is -0.353 e. The molecule has 1 N–H and O–H groups in total. The van der Waals surface area contributed by atoms with Crippen LogP contribution in [-0.2, 0) is 4.79 Å². The predicted molar refractivity (Wildman–Crippen MR) is 95.0 cm³/mol. The van der Waals surface area contributed by atoms with E-state index in [1.165, 1.54) is 23.5 Å². The number of thiazole rings is 1. The average molecular weight is 361 g/mol. The van der Waals surface area contributed by atoms with E-state index < -0.39 is 6.04 Å². The van der Waals surface area contributed by atoms with Crippen molar-refractivity contribution in [1.29, 1.82) is 0 Å². The number of carbonyl (C=O) groups is 2. The third kappa shape index (κ3) is 3.56. The van der Waals surface area contributed by atoms with E-state index in [4.69, 9.17) is 0 Å². The highest BCUT2D eigenvalue weighted by Gasteiger charge is 2.34. The largest absolute Gasteiger partial charge is 0.353 e. The van der Waals surface area contributed by atoms with Crippen LogP contribution in [0.25, 0.3) is 10.6 Å². The second-order valence-corrected chi connectivity index (χ2v) is 7.03. The highest BCUT2D eigenvalue weighted by molar-refractivity contribution is 7.17. The van der Waals surface area contributed by atoms with E-state index in [1.807, 2.05) is 6.92 Å². The fourth-order valence-electron chi connectivity index (χ4n) is 2.96. The number of piperazine rings is 1. The number of hydrogen-bond acceptors (Lipinski definition) is 4. The molecule has 0 spiro atoms. The van der Waals surface area contributed by atoms with Crippen LogP contribution in [0.15, 0.2) is 24.3 Å². The summed E-state index contributed by atoms with van der Waals surface area (Å²) in [6, 6.07) is 5.62. The highest BCUT2D eigenvalue weighted by Crippen LogP contribution is 2.30. The normalized spacial score (nSPS) is 17.5. The Kier molecular flexibility index (Phi) is 5.13. The Labute approximate surface area is 149 Å². The predicted octanol–water partition coefficient (Wildman–Crippen LogP) is 3.00. The summed E-state index contributed by atoms with van der Waals surface area (Å²) >= 11 is 1.29. The van der Waals surface area contributed by atoms with E-state index in [9.17, 15) is 14.0 Å². The minimum atomic E-state index is -0.429. The molecule has 0 saturated carbocycles. The maximum absolute atomic E-state index is 13.1. The van der Waals surface area contributed by atoms with Crippen LogP contribution in [0.3, 0.4) is 0 Å². The van der Waals surface area contributed by atoms with Crippen LogP contribution in [0.2, 0.25) is 0 Å². The summed E-state index contributed by atoms with van der Waals surface area (Å²) in [7, 11) is 0. The van der Waals surface area contributed by atoms with Gasteiger partial charge in [-0.05, 0) is 37.6 Å². The van der Waals surface area contributed by atoms with Crippen LogP contribution in [-0.4, -0.2) is 40.8 Å². The van der Waals surface area contributed by atoms with Gasteiger partial charge < -0.3 is 10.2 Å². The van der Waals surface area contributed by atoms with Crippen molar-refractivity contribution >= 4 is 23.2 Å². The number of aromatic nitrogens is 1. The number of amides is 2. The van der Waals surface area contributed by atoms with Gasteiger partial charge in [0.25, 0.3) is 5.91 Å². The highest BCUT2D eigenvalue weighted by atomic mass is 32.1. The topological polar surface area (TPSA) is 62.3 Å². The number of carbonyl (C=O) groups excluding carboxylic acids is 2. The molecule has 132 valence electrons. The molecule has 1 aromatic heterocycles. The summed E-state index contributed by atoms with van der Waals surface area (Å²) in [5.74, 6) is -0.561. The molecule has 1 aromatic carbocycles. The molecule has 0 radical (unpaired) electrons. The van der Waals surface area contributed by atoms with E-state index in [1.54, 1.807) is 24.0 Å². The van der Waals surface area contributed by atoms with Crippen LogP contribution in [0.5, 0.6) is 0 Å². The standard InChI is InChI=1S/C18H20FN3O2S/c1-3-4-14-16(23)20-9-10-22(14)18(24)15-11(2)21-17(25-15)12-5-7-13(19)8-6-12/h5-8,14H,3-4,9-10H2,1-2H3,(H,20,23)/t14-/m1/s1. The van der Waals surface area contributed by atoms with Crippen molar-refractivity contribution in [2.45, 2.75) is 32.7 Å². The van der Waals surface area contributed by atoms with Crippen molar-refractivity contribution in [2.75, 3.05) is 13.1 Å². The SMILES string of the molecule is CCC[C@@H]1C(=O)NCCN1C(=O)c1sc(-c2ccc(F)cc2)nc1C. The number of benzene rings is 1. The van der Waals surface area contributed by atoms with Crippen molar-refractivity contribution in [3.8, 4) is 10.6 Å². The Morgan fingerprint density at radius 2 is 2.12 bits per heavy atom. The lowest BCUT2D eigenvalue weighted by Crippen LogP contribution is -2.57. The second kappa shape index (κ2) is 7.31. The molecule has 5 nitrogen and oxygen atoms in total. The van der Waals surface area contributed by atoms with Gasteiger partial charge in [0.05, 0.1) is 5.69 Å². The zero-order chi connectivity index (χ0) is 18.0. The third-order valence-corrected chi connectivity index (χ3v) is 5.43. The molecular weight excluding hydrogens is 341 g/mol. The van der Waals surface area contributed by atoms with Gasteiger partial charge in [-0.2, -0.15) is 0 Å². The maximum atomic E-state index is 13.1. The van der Waals surface area contributed by atoms with E-state index >= 15 is 0 Å². The summed E-state index contributed by atoms with van der Waals surface area (Å²) < 4.78 is 13.1. The maximum Gasteiger partial charge on any atom is 0.266 e. The van der Waals surface area contributed by atoms with E-state index in [-0.39, 0.29) is 17.6 Å². The smallest absolute Gasteiger partial charge is 0.266 e. The molecule has 1 atom stereocenters. The first-order chi connectivity index (χ1) is 12.0. The summed E-state index contributed by atoms with van der Waals surface area (Å²) in [6.45, 7) is 4.75. The van der Waals surface area contributed by atoms with Crippen LogP contribution in [0, 0.1) is 12.7 Å². The average Bonchev–Trinajstić information content (AvgIpc) is 2.98. The molecule has 0 unspecified atom stereocenters. The molecule has 1 aliphatic rings. The number of hydrogen-bond donors (Lipinski definition) is 1. The Morgan fingerprint density at radius 1 is 1.40 bits per heavy atom. The van der Waals surface area contributed by atoms with Crippen molar-refractivity contribution < 1.29 is 14.0 Å². The lowest BCUT2D eigenvalue weighted by atomic mass is 10.1. The molecular formula is C18H20FN3O2S. The first-order valence-electron chi connectivity index (χ1n) is 8.33. The monoisotopic (exact) mass is 361 g/mol. The molecule has 7 heteroatoms. The summed E-state index contributed by atoms with van der Waals surface area (Å²) in [4.78, 5) is 31.8. The molecule has 3 rings (SSSR count). The van der Waals surface area contributed by atoms with Gasteiger partial charge in [0, 0.05) is 18.7 Å². The number of nitrogens with zero attached hydrogens (tertiary/aromatic N) is 2. The van der Waals surface area contributed by atoms with Gasteiger partial charge in [0.1, 0.15) is 21.7 Å². The molecule has 2 amide bonds. The second-order valence-electron chi connectivity index (χ2n) is 6.03. The van der Waals surface area contributed by atoms with Gasteiger partial charge in [-0.15, -0.1) is 11.3 Å². The molecule has 1 fully saturated rings. The Hall–Kier alpha value is -2.28. The van der Waals surface area contributed by atoms with Gasteiger partial charge in [0.2, 0.25) is 5.91 Å². The van der Waals surface area contributed by atoms with E-state index in [2.05, 4.69) is 10.3 Å². The van der Waals surface area contributed by atoms with Crippen molar-refractivity contribution in [3.05, 3.63) is 40.7 Å². The van der Waals surface area contributed by atoms with Crippen molar-refractivity contribution in [2.24, 2.45) is 0 Å². The van der Waals surface area contributed by atoms with Crippen molar-refractivity contribution in [3.63, 3.8) is 0 Å². The third-order valence-electron chi connectivity index (χ3n) is 4.24. The van der Waals surface area contributed by atoms with Gasteiger partial charge >= 0.3 is 0 Å². The Bertz CT molecular complexity index is 788. The number of halogens is 1. The molecule has 1 saturated heterocycles. The Balaban J connectivity index is 1.89. The van der Waals surface area contributed by atoms with Crippen molar-refractivity contribution in [1.82, 2.24) is 15.2 Å². The van der Waals surface area contributed by atoms with Gasteiger partial charge in [0.15, 0.2) is 0 Å². The molecule has 1 aliphatic heterocycles. The van der Waals surface area contributed by atoms with E-state index in [0.29, 0.717) is 35.1 Å². The fourth-order valence-corrected chi connectivity index (χ4v) is 3.99. The van der Waals surface area contributed by atoms with E-state index in [0.717, 1.165) is 12.0 Å². The summed E-state index contributed by atoms with van der Waals surface area (Å²) in [5, 5.41) is 3.50. The summed E-state index contributed by atoms with van der Waals surface area (Å²) in [5.41, 5.74) is 1.41. The van der Waals surface area contributed by atoms with Crippen LogP contribution < -0.4 is 5.32 Å². The molecule has 2 aromatic rings. The van der Waals surface area contributed by atoms with Crippen LogP contribution in [0.4, 0.5) is 4.39 Å². The number of nitrogens with one attached hydrogen (secondary N) is 1. The minimum absolute atomic E-state index is 0.0950.